The average Bonchev–Trinajstić information content (AvgIpc) is 2.80. The molecule has 0 aromatic rings. The number of carbonyl (C=O) groups excluding carboxylic acids is 2. The highest BCUT2D eigenvalue weighted by Gasteiger charge is 2.79. The zero-order valence-electron chi connectivity index (χ0n) is 19.6. The third kappa shape index (κ3) is 2.51. The molecule has 0 radical (unpaired) electrons. The first kappa shape index (κ1) is 22.3. The highest BCUT2D eigenvalue weighted by molar-refractivity contribution is 6.09. The third-order valence-corrected chi connectivity index (χ3v) is 8.98. The molecule has 4 bridgehead atoms. The van der Waals surface area contributed by atoms with Crippen molar-refractivity contribution >= 4 is 11.8 Å². The number of hydrogen-bond donors (Lipinski definition) is 2. The van der Waals surface area contributed by atoms with Crippen LogP contribution in [0.15, 0.2) is 23.8 Å². The van der Waals surface area contributed by atoms with Crippen molar-refractivity contribution < 1.29 is 34.0 Å². The summed E-state index contributed by atoms with van der Waals surface area (Å²) < 4.78 is 18.7. The topological polar surface area (TPSA) is 102 Å². The number of rotatable bonds is 2. The van der Waals surface area contributed by atoms with Crippen molar-refractivity contribution in [2.75, 3.05) is 6.61 Å². The summed E-state index contributed by atoms with van der Waals surface area (Å²) in [5.74, 6) is -2.73. The van der Waals surface area contributed by atoms with Crippen LogP contribution in [0.1, 0.15) is 60.3 Å². The van der Waals surface area contributed by atoms with Crippen molar-refractivity contribution in [2.24, 2.45) is 22.7 Å². The quantitative estimate of drug-likeness (QED) is 0.382. The van der Waals surface area contributed by atoms with Gasteiger partial charge in [0, 0.05) is 17.9 Å². The van der Waals surface area contributed by atoms with E-state index in [1.807, 2.05) is 6.08 Å². The number of aliphatic hydroxyl groups is 2. The molecule has 0 aromatic heterocycles. The number of ketones is 1. The fourth-order valence-electron chi connectivity index (χ4n) is 7.72. The molecule has 6 rings (SSSR count). The first-order valence-electron chi connectivity index (χ1n) is 11.6. The van der Waals surface area contributed by atoms with Crippen LogP contribution in [0.3, 0.4) is 0 Å². The number of allylic oxidation sites excluding steroid dienone is 1. The molecule has 3 aliphatic heterocycles. The molecule has 7 nitrogen and oxygen atoms in total. The first-order valence-corrected chi connectivity index (χ1v) is 11.6. The van der Waals surface area contributed by atoms with Gasteiger partial charge in [-0.2, -0.15) is 0 Å². The Balaban J connectivity index is 1.77. The molecular weight excluding hydrogens is 412 g/mol. The number of hydrogen-bond acceptors (Lipinski definition) is 7. The Hall–Kier alpha value is -1.54. The Bertz CT molecular complexity index is 942. The largest absolute Gasteiger partial charge is 0.456 e. The zero-order chi connectivity index (χ0) is 23.5. The van der Waals surface area contributed by atoms with E-state index >= 15 is 0 Å². The van der Waals surface area contributed by atoms with E-state index in [2.05, 4.69) is 20.4 Å². The lowest BCUT2D eigenvalue weighted by atomic mass is 9.55. The summed E-state index contributed by atoms with van der Waals surface area (Å²) in [6.07, 6.45) is 1.88. The van der Waals surface area contributed by atoms with Gasteiger partial charge in [-0.25, -0.2) is 0 Å². The fraction of sp³-hybridized carbons (Fsp3) is 0.760. The van der Waals surface area contributed by atoms with Gasteiger partial charge in [-0.15, -0.1) is 0 Å². The van der Waals surface area contributed by atoms with E-state index in [1.165, 1.54) is 13.8 Å². The first-order chi connectivity index (χ1) is 14.7. The molecule has 2 N–H and O–H groups in total. The van der Waals surface area contributed by atoms with Crippen LogP contribution in [-0.4, -0.2) is 57.8 Å². The van der Waals surface area contributed by atoms with Gasteiger partial charge >= 0.3 is 5.97 Å². The molecular formula is C25H34O7. The molecule has 6 aliphatic rings. The smallest absolute Gasteiger partial charge is 0.306 e. The Kier molecular flexibility index (Phi) is 4.39. The number of aliphatic hydroxyl groups excluding tert-OH is 1. The molecule has 2 saturated carbocycles. The fourth-order valence-corrected chi connectivity index (χ4v) is 7.72. The van der Waals surface area contributed by atoms with Gasteiger partial charge < -0.3 is 24.4 Å². The molecule has 0 aromatic carbocycles. The van der Waals surface area contributed by atoms with E-state index in [1.54, 1.807) is 6.92 Å². The summed E-state index contributed by atoms with van der Waals surface area (Å²) in [7, 11) is 0. The molecule has 3 heterocycles. The van der Waals surface area contributed by atoms with Gasteiger partial charge in [-0.1, -0.05) is 26.5 Å². The molecule has 7 atom stereocenters. The minimum atomic E-state index is -1.51. The SMILES string of the molecule is C=C1C(=O)C23[C@H](CC=C1[C@H]2OC(C)(C)O)C[C@@]12CO[C@]3(C)[C@@H](O)[C@@H]1C(C)(C)CCC(=O)O2. The summed E-state index contributed by atoms with van der Waals surface area (Å²) in [6, 6.07) is 0. The van der Waals surface area contributed by atoms with Crippen molar-refractivity contribution in [1.82, 2.24) is 0 Å². The average molecular weight is 447 g/mol. The maximum Gasteiger partial charge on any atom is 0.306 e. The van der Waals surface area contributed by atoms with Crippen LogP contribution >= 0.6 is 0 Å². The van der Waals surface area contributed by atoms with Gasteiger partial charge in [0.1, 0.15) is 17.3 Å². The monoisotopic (exact) mass is 446 g/mol. The number of Topliss-reactive ketones (excluding diaryl/α,β-unsaturated/α-hetero) is 1. The summed E-state index contributed by atoms with van der Waals surface area (Å²) in [5.41, 5.74) is -3.02. The van der Waals surface area contributed by atoms with Gasteiger partial charge in [-0.05, 0) is 56.9 Å². The Labute approximate surface area is 188 Å². The number of ether oxygens (including phenoxy) is 3. The Morgan fingerprint density at radius 2 is 1.94 bits per heavy atom. The van der Waals surface area contributed by atoms with Crippen molar-refractivity contribution in [3.05, 3.63) is 23.8 Å². The van der Waals surface area contributed by atoms with Crippen LogP contribution in [-0.2, 0) is 23.8 Å². The second-order valence-corrected chi connectivity index (χ2v) is 11.8. The summed E-state index contributed by atoms with van der Waals surface area (Å²) in [6.45, 7) is 13.1. The van der Waals surface area contributed by atoms with Gasteiger partial charge in [-0.3, -0.25) is 9.59 Å². The molecule has 3 aliphatic carbocycles. The summed E-state index contributed by atoms with van der Waals surface area (Å²) >= 11 is 0. The third-order valence-electron chi connectivity index (χ3n) is 8.98. The highest BCUT2D eigenvalue weighted by Crippen LogP contribution is 2.69. The Morgan fingerprint density at radius 3 is 2.59 bits per heavy atom. The standard InChI is InChI=1S/C25H34O7/c1-13-15-8-7-14-11-24-12-30-23(6,25(14,18(13)27)20(15)32-22(4,5)29)19(28)17(24)21(2,3)10-9-16(26)31-24/h8,14,17,19-20,28-29H,1,7,9-12H2,2-6H3/t14-,17-,19+,20-,23-,24-,25?/m1/s1. The maximum absolute atomic E-state index is 14.0. The molecule has 176 valence electrons. The minimum Gasteiger partial charge on any atom is -0.456 e. The van der Waals surface area contributed by atoms with Crippen molar-refractivity contribution in [2.45, 2.75) is 89.5 Å². The second-order valence-electron chi connectivity index (χ2n) is 11.8. The number of fused-ring (bicyclic) bond motifs is 2. The summed E-state index contributed by atoms with van der Waals surface area (Å²) in [5, 5.41) is 22.6. The highest BCUT2D eigenvalue weighted by atomic mass is 16.6. The maximum atomic E-state index is 14.0. The van der Waals surface area contributed by atoms with Crippen LogP contribution in [0.2, 0.25) is 0 Å². The van der Waals surface area contributed by atoms with E-state index in [9.17, 15) is 19.8 Å². The van der Waals surface area contributed by atoms with Gasteiger partial charge in [0.2, 0.25) is 0 Å². The molecule has 7 heteroatoms. The molecule has 0 amide bonds. The van der Waals surface area contributed by atoms with E-state index in [-0.39, 0.29) is 30.7 Å². The van der Waals surface area contributed by atoms with Crippen molar-refractivity contribution in [3.63, 3.8) is 0 Å². The van der Waals surface area contributed by atoms with E-state index in [4.69, 9.17) is 14.2 Å². The van der Waals surface area contributed by atoms with E-state index < -0.39 is 45.9 Å². The molecule has 32 heavy (non-hydrogen) atoms. The number of esters is 1. The van der Waals surface area contributed by atoms with Crippen molar-refractivity contribution in [1.29, 1.82) is 0 Å². The van der Waals surface area contributed by atoms with Crippen LogP contribution in [0.25, 0.3) is 0 Å². The Morgan fingerprint density at radius 1 is 1.25 bits per heavy atom. The normalized spacial score (nSPS) is 47.2. The summed E-state index contributed by atoms with van der Waals surface area (Å²) in [4.78, 5) is 26.7. The molecule has 2 spiro atoms. The van der Waals surface area contributed by atoms with Crippen molar-refractivity contribution in [3.8, 4) is 0 Å². The van der Waals surface area contributed by atoms with Crippen LogP contribution in [0.5, 0.6) is 0 Å². The second kappa shape index (κ2) is 6.32. The molecule has 1 unspecified atom stereocenters. The lowest BCUT2D eigenvalue weighted by Gasteiger charge is -2.58. The van der Waals surface area contributed by atoms with E-state index in [0.717, 1.165) is 0 Å². The molecule has 5 fully saturated rings. The van der Waals surface area contributed by atoms with Crippen LogP contribution in [0.4, 0.5) is 0 Å². The van der Waals surface area contributed by atoms with Crippen LogP contribution < -0.4 is 0 Å². The lowest BCUT2D eigenvalue weighted by molar-refractivity contribution is -0.301. The minimum absolute atomic E-state index is 0.114. The van der Waals surface area contributed by atoms with E-state index in [0.29, 0.717) is 30.4 Å². The van der Waals surface area contributed by atoms with Gasteiger partial charge in [0.15, 0.2) is 11.6 Å². The van der Waals surface area contributed by atoms with Crippen LogP contribution in [0, 0.1) is 22.7 Å². The van der Waals surface area contributed by atoms with Gasteiger partial charge in [0.25, 0.3) is 0 Å². The predicted octanol–water partition coefficient (Wildman–Crippen LogP) is 2.44. The van der Waals surface area contributed by atoms with Gasteiger partial charge in [0.05, 0.1) is 18.1 Å². The lowest BCUT2D eigenvalue weighted by Crippen LogP contribution is -2.71. The number of carbonyl (C=O) groups is 2. The zero-order valence-corrected chi connectivity index (χ0v) is 19.6. The molecule has 3 saturated heterocycles. The predicted molar refractivity (Wildman–Crippen MR) is 114 cm³/mol.